The molecule has 2 atom stereocenters. The Hall–Kier alpha value is -0.520. The topological polar surface area (TPSA) is 0 Å². The molecule has 0 fully saturated rings. The predicted molar refractivity (Wildman–Crippen MR) is 53.0 cm³/mol. The first kappa shape index (κ1) is 8.10. The van der Waals surface area contributed by atoms with Gasteiger partial charge in [0.2, 0.25) is 0 Å². The van der Waals surface area contributed by atoms with Crippen LogP contribution in [0.1, 0.15) is 39.5 Å². The first-order valence-corrected chi connectivity index (χ1v) is 5.21. The van der Waals surface area contributed by atoms with Crippen LogP contribution < -0.4 is 0 Å². The predicted octanol–water partition coefficient (Wildman–Crippen LogP) is 3.70. The van der Waals surface area contributed by atoms with Gasteiger partial charge in [0.15, 0.2) is 0 Å². The van der Waals surface area contributed by atoms with Gasteiger partial charge in [-0.15, -0.1) is 0 Å². The Morgan fingerprint density at radius 3 is 3.08 bits per heavy atom. The van der Waals surface area contributed by atoms with Gasteiger partial charge in [0.05, 0.1) is 0 Å². The highest BCUT2D eigenvalue weighted by Gasteiger charge is 2.24. The molecule has 0 amide bonds. The first-order chi connectivity index (χ1) is 5.81. The molecule has 0 radical (unpaired) electrons. The van der Waals surface area contributed by atoms with Crippen LogP contribution in [0.2, 0.25) is 0 Å². The second-order valence-electron chi connectivity index (χ2n) is 4.20. The molecule has 0 heteroatoms. The SMILES string of the molecule is CCC1CC(C)C2=CC1=CCC2. The van der Waals surface area contributed by atoms with Gasteiger partial charge in [-0.2, -0.15) is 0 Å². The zero-order chi connectivity index (χ0) is 8.55. The van der Waals surface area contributed by atoms with Crippen LogP contribution in [0.25, 0.3) is 0 Å². The Balaban J connectivity index is 2.26. The lowest BCUT2D eigenvalue weighted by atomic mass is 9.74. The molecule has 0 spiro atoms. The van der Waals surface area contributed by atoms with Gasteiger partial charge in [-0.1, -0.05) is 31.6 Å². The lowest BCUT2D eigenvalue weighted by molar-refractivity contribution is 0.431. The number of hydrogen-bond donors (Lipinski definition) is 0. The van der Waals surface area contributed by atoms with Gasteiger partial charge in [-0.25, -0.2) is 0 Å². The van der Waals surface area contributed by atoms with Crippen molar-refractivity contribution in [2.45, 2.75) is 39.5 Å². The number of allylic oxidation sites excluding steroid dienone is 4. The monoisotopic (exact) mass is 162 g/mol. The lowest BCUT2D eigenvalue weighted by Crippen LogP contribution is -2.18. The summed E-state index contributed by atoms with van der Waals surface area (Å²) >= 11 is 0. The van der Waals surface area contributed by atoms with E-state index in [2.05, 4.69) is 26.0 Å². The Kier molecular flexibility index (Phi) is 2.08. The standard InChI is InChI=1S/C12H18/c1-3-10-7-9(2)11-5-4-6-12(10)8-11/h6,8-10H,3-5,7H2,1-2H3. The summed E-state index contributed by atoms with van der Waals surface area (Å²) in [7, 11) is 0. The largest absolute Gasteiger partial charge is 0.0807 e. The van der Waals surface area contributed by atoms with Crippen molar-refractivity contribution in [1.29, 1.82) is 0 Å². The fourth-order valence-corrected chi connectivity index (χ4v) is 2.54. The summed E-state index contributed by atoms with van der Waals surface area (Å²) < 4.78 is 0. The van der Waals surface area contributed by atoms with E-state index >= 15 is 0 Å². The zero-order valence-corrected chi connectivity index (χ0v) is 8.14. The number of rotatable bonds is 1. The van der Waals surface area contributed by atoms with Crippen LogP contribution in [0.3, 0.4) is 0 Å². The molecule has 0 nitrogen and oxygen atoms in total. The lowest BCUT2D eigenvalue weighted by Gasteiger charge is -2.32. The highest BCUT2D eigenvalue weighted by atomic mass is 14.3. The van der Waals surface area contributed by atoms with Gasteiger partial charge in [-0.05, 0) is 43.1 Å². The van der Waals surface area contributed by atoms with E-state index in [9.17, 15) is 0 Å². The summed E-state index contributed by atoms with van der Waals surface area (Å²) in [6.45, 7) is 4.70. The molecular formula is C12H18. The molecule has 0 aromatic heterocycles. The average Bonchev–Trinajstić information content (AvgIpc) is 2.12. The van der Waals surface area contributed by atoms with Crippen molar-refractivity contribution >= 4 is 0 Å². The summed E-state index contributed by atoms with van der Waals surface area (Å²) in [4.78, 5) is 0. The van der Waals surface area contributed by atoms with Crippen LogP contribution in [0, 0.1) is 11.8 Å². The second kappa shape index (κ2) is 3.08. The zero-order valence-electron chi connectivity index (χ0n) is 8.14. The molecular weight excluding hydrogens is 144 g/mol. The molecule has 2 rings (SSSR count). The highest BCUT2D eigenvalue weighted by Crippen LogP contribution is 2.39. The van der Waals surface area contributed by atoms with Gasteiger partial charge in [-0.3, -0.25) is 0 Å². The average molecular weight is 162 g/mol. The van der Waals surface area contributed by atoms with Gasteiger partial charge in [0.25, 0.3) is 0 Å². The van der Waals surface area contributed by atoms with Crippen molar-refractivity contribution in [3.63, 3.8) is 0 Å². The van der Waals surface area contributed by atoms with E-state index in [1.165, 1.54) is 25.7 Å². The maximum atomic E-state index is 2.46. The minimum atomic E-state index is 0.854. The molecule has 0 heterocycles. The van der Waals surface area contributed by atoms with E-state index in [-0.39, 0.29) is 0 Å². The summed E-state index contributed by atoms with van der Waals surface area (Å²) in [5.41, 5.74) is 3.34. The van der Waals surface area contributed by atoms with Crippen LogP contribution in [-0.4, -0.2) is 0 Å². The fourth-order valence-electron chi connectivity index (χ4n) is 2.54. The Bertz CT molecular complexity index is 232. The van der Waals surface area contributed by atoms with Crippen LogP contribution in [-0.2, 0) is 0 Å². The molecule has 2 aliphatic rings. The van der Waals surface area contributed by atoms with Crippen molar-refractivity contribution in [2.24, 2.45) is 11.8 Å². The third-order valence-corrected chi connectivity index (χ3v) is 3.40. The van der Waals surface area contributed by atoms with Crippen LogP contribution >= 0.6 is 0 Å². The van der Waals surface area contributed by atoms with Crippen molar-refractivity contribution in [1.82, 2.24) is 0 Å². The number of fused-ring (bicyclic) bond motifs is 1. The Morgan fingerprint density at radius 1 is 1.50 bits per heavy atom. The van der Waals surface area contributed by atoms with Gasteiger partial charge in [0, 0.05) is 0 Å². The smallest absolute Gasteiger partial charge is 0.0162 e. The molecule has 0 aromatic rings. The van der Waals surface area contributed by atoms with Crippen molar-refractivity contribution < 1.29 is 0 Å². The maximum Gasteiger partial charge on any atom is -0.0162 e. The molecule has 2 unspecified atom stereocenters. The van der Waals surface area contributed by atoms with Crippen molar-refractivity contribution in [3.8, 4) is 0 Å². The molecule has 2 aliphatic carbocycles. The quantitative estimate of drug-likeness (QED) is 0.551. The Morgan fingerprint density at radius 2 is 2.33 bits per heavy atom. The summed E-state index contributed by atoms with van der Waals surface area (Å²) in [6, 6.07) is 0. The summed E-state index contributed by atoms with van der Waals surface area (Å²) in [5.74, 6) is 1.72. The molecule has 66 valence electrons. The highest BCUT2D eigenvalue weighted by molar-refractivity contribution is 5.34. The fraction of sp³-hybridized carbons (Fsp3) is 0.667. The third-order valence-electron chi connectivity index (χ3n) is 3.40. The normalized spacial score (nSPS) is 34.2. The molecule has 2 bridgehead atoms. The summed E-state index contributed by atoms with van der Waals surface area (Å²) in [5, 5.41) is 0. The molecule has 0 saturated heterocycles. The first-order valence-electron chi connectivity index (χ1n) is 5.21. The van der Waals surface area contributed by atoms with Gasteiger partial charge < -0.3 is 0 Å². The Labute approximate surface area is 75.4 Å². The van der Waals surface area contributed by atoms with E-state index in [4.69, 9.17) is 0 Å². The van der Waals surface area contributed by atoms with E-state index in [0.29, 0.717) is 0 Å². The van der Waals surface area contributed by atoms with Gasteiger partial charge in [0.1, 0.15) is 0 Å². The van der Waals surface area contributed by atoms with E-state index in [1.54, 1.807) is 11.1 Å². The minimum Gasteiger partial charge on any atom is -0.0807 e. The third kappa shape index (κ3) is 1.24. The summed E-state index contributed by atoms with van der Waals surface area (Å²) in [6.07, 6.45) is 10.2. The van der Waals surface area contributed by atoms with E-state index in [1.807, 2.05) is 0 Å². The van der Waals surface area contributed by atoms with E-state index in [0.717, 1.165) is 11.8 Å². The van der Waals surface area contributed by atoms with Crippen molar-refractivity contribution in [3.05, 3.63) is 23.3 Å². The molecule has 12 heavy (non-hydrogen) atoms. The van der Waals surface area contributed by atoms with Crippen LogP contribution in [0.15, 0.2) is 23.3 Å². The molecule has 0 saturated carbocycles. The molecule has 0 aromatic carbocycles. The maximum absolute atomic E-state index is 2.46. The van der Waals surface area contributed by atoms with E-state index < -0.39 is 0 Å². The molecule has 0 N–H and O–H groups in total. The van der Waals surface area contributed by atoms with Crippen LogP contribution in [0.5, 0.6) is 0 Å². The second-order valence-corrected chi connectivity index (χ2v) is 4.20. The van der Waals surface area contributed by atoms with Crippen molar-refractivity contribution in [2.75, 3.05) is 0 Å². The minimum absolute atomic E-state index is 0.854. The van der Waals surface area contributed by atoms with Gasteiger partial charge >= 0.3 is 0 Å². The number of hydrogen-bond acceptors (Lipinski definition) is 0. The molecule has 0 aliphatic heterocycles. The van der Waals surface area contributed by atoms with Crippen LogP contribution in [0.4, 0.5) is 0 Å².